The Kier molecular flexibility index (Phi) is 5.93. The van der Waals surface area contributed by atoms with Gasteiger partial charge >= 0.3 is 0 Å². The SMILES string of the molecule is Clc1ccc(C(CBr)CCCc2ccccc2)cc1. The molecule has 0 saturated carbocycles. The molecule has 2 rings (SSSR count). The predicted molar refractivity (Wildman–Crippen MR) is 87.4 cm³/mol. The van der Waals surface area contributed by atoms with Gasteiger partial charge in [-0.25, -0.2) is 0 Å². The summed E-state index contributed by atoms with van der Waals surface area (Å²) < 4.78 is 0. The molecule has 2 aromatic rings. The van der Waals surface area contributed by atoms with E-state index in [-0.39, 0.29) is 0 Å². The van der Waals surface area contributed by atoms with Crippen LogP contribution in [0.2, 0.25) is 5.02 Å². The van der Waals surface area contributed by atoms with E-state index in [1.807, 2.05) is 12.1 Å². The van der Waals surface area contributed by atoms with Gasteiger partial charge in [-0.05, 0) is 48.4 Å². The molecule has 1 atom stereocenters. The molecule has 0 saturated heterocycles. The van der Waals surface area contributed by atoms with Gasteiger partial charge in [-0.15, -0.1) is 0 Å². The Labute approximate surface area is 128 Å². The van der Waals surface area contributed by atoms with Gasteiger partial charge < -0.3 is 0 Å². The van der Waals surface area contributed by atoms with Gasteiger partial charge in [0.25, 0.3) is 0 Å². The molecule has 0 fully saturated rings. The Morgan fingerprint density at radius 3 is 2.26 bits per heavy atom. The van der Waals surface area contributed by atoms with Gasteiger partial charge in [0, 0.05) is 10.4 Å². The van der Waals surface area contributed by atoms with Crippen molar-refractivity contribution in [2.75, 3.05) is 5.33 Å². The maximum Gasteiger partial charge on any atom is 0.0406 e. The molecular formula is C17H18BrCl. The van der Waals surface area contributed by atoms with Crippen LogP contribution in [0.4, 0.5) is 0 Å². The standard InChI is InChI=1S/C17H18BrCl/c18-13-16(15-9-11-17(19)12-10-15)8-4-7-14-5-2-1-3-6-14/h1-3,5-6,9-12,16H,4,7-8,13H2. The number of benzene rings is 2. The molecule has 0 aromatic heterocycles. The van der Waals surface area contributed by atoms with Crippen molar-refractivity contribution in [2.45, 2.75) is 25.2 Å². The minimum absolute atomic E-state index is 0.570. The first-order chi connectivity index (χ1) is 9.29. The molecule has 0 aliphatic carbocycles. The minimum Gasteiger partial charge on any atom is -0.0921 e. The highest BCUT2D eigenvalue weighted by atomic mass is 79.9. The average molecular weight is 338 g/mol. The van der Waals surface area contributed by atoms with Gasteiger partial charge in [0.1, 0.15) is 0 Å². The number of halogens is 2. The molecular weight excluding hydrogens is 320 g/mol. The summed E-state index contributed by atoms with van der Waals surface area (Å²) >= 11 is 9.56. The van der Waals surface area contributed by atoms with E-state index in [9.17, 15) is 0 Å². The maximum absolute atomic E-state index is 5.93. The van der Waals surface area contributed by atoms with Crippen LogP contribution in [0.15, 0.2) is 54.6 Å². The topological polar surface area (TPSA) is 0 Å². The van der Waals surface area contributed by atoms with Gasteiger partial charge in [-0.1, -0.05) is 70.0 Å². The Balaban J connectivity index is 1.87. The summed E-state index contributed by atoms with van der Waals surface area (Å²) in [6, 6.07) is 18.9. The quantitative estimate of drug-likeness (QED) is 0.581. The lowest BCUT2D eigenvalue weighted by Crippen LogP contribution is -2.01. The van der Waals surface area contributed by atoms with E-state index in [2.05, 4.69) is 58.4 Å². The van der Waals surface area contributed by atoms with Crippen molar-refractivity contribution in [3.8, 4) is 0 Å². The van der Waals surface area contributed by atoms with Gasteiger partial charge in [0.05, 0.1) is 0 Å². The summed E-state index contributed by atoms with van der Waals surface area (Å²) in [6.07, 6.45) is 3.56. The molecule has 0 N–H and O–H groups in total. The first-order valence-corrected chi connectivity index (χ1v) is 8.15. The first-order valence-electron chi connectivity index (χ1n) is 6.65. The zero-order valence-corrected chi connectivity index (χ0v) is 13.2. The molecule has 2 heteroatoms. The zero-order chi connectivity index (χ0) is 13.5. The van der Waals surface area contributed by atoms with E-state index in [1.165, 1.54) is 24.0 Å². The lowest BCUT2D eigenvalue weighted by atomic mass is 9.94. The van der Waals surface area contributed by atoms with Gasteiger partial charge in [0.15, 0.2) is 0 Å². The Bertz CT molecular complexity index is 478. The summed E-state index contributed by atoms with van der Waals surface area (Å²) in [4.78, 5) is 0. The molecule has 0 aliphatic rings. The smallest absolute Gasteiger partial charge is 0.0406 e. The molecule has 0 bridgehead atoms. The highest BCUT2D eigenvalue weighted by Gasteiger charge is 2.09. The highest BCUT2D eigenvalue weighted by molar-refractivity contribution is 9.09. The Morgan fingerprint density at radius 2 is 1.63 bits per heavy atom. The zero-order valence-electron chi connectivity index (χ0n) is 10.9. The molecule has 0 radical (unpaired) electrons. The average Bonchev–Trinajstić information content (AvgIpc) is 2.46. The van der Waals surface area contributed by atoms with E-state index in [1.54, 1.807) is 0 Å². The second kappa shape index (κ2) is 7.72. The molecule has 19 heavy (non-hydrogen) atoms. The molecule has 1 unspecified atom stereocenters. The van der Waals surface area contributed by atoms with Gasteiger partial charge in [-0.3, -0.25) is 0 Å². The molecule has 100 valence electrons. The van der Waals surface area contributed by atoms with Crippen LogP contribution in [0, 0.1) is 0 Å². The summed E-state index contributed by atoms with van der Waals surface area (Å²) in [5, 5.41) is 1.81. The van der Waals surface area contributed by atoms with Crippen molar-refractivity contribution in [3.05, 3.63) is 70.7 Å². The van der Waals surface area contributed by atoms with E-state index in [0.29, 0.717) is 5.92 Å². The minimum atomic E-state index is 0.570. The van der Waals surface area contributed by atoms with Crippen LogP contribution in [-0.4, -0.2) is 5.33 Å². The van der Waals surface area contributed by atoms with E-state index in [0.717, 1.165) is 16.8 Å². The number of hydrogen-bond acceptors (Lipinski definition) is 0. The van der Waals surface area contributed by atoms with Crippen molar-refractivity contribution in [3.63, 3.8) is 0 Å². The molecule has 0 nitrogen and oxygen atoms in total. The van der Waals surface area contributed by atoms with Crippen LogP contribution in [0.25, 0.3) is 0 Å². The fourth-order valence-corrected chi connectivity index (χ4v) is 3.09. The normalized spacial score (nSPS) is 12.3. The van der Waals surface area contributed by atoms with E-state index < -0.39 is 0 Å². The molecule has 0 amide bonds. The number of aryl methyl sites for hydroxylation is 1. The van der Waals surface area contributed by atoms with Crippen LogP contribution in [0.5, 0.6) is 0 Å². The second-order valence-corrected chi connectivity index (χ2v) is 5.86. The van der Waals surface area contributed by atoms with Crippen LogP contribution >= 0.6 is 27.5 Å². The van der Waals surface area contributed by atoms with Crippen LogP contribution in [-0.2, 0) is 6.42 Å². The third-order valence-corrected chi connectivity index (χ3v) is 4.42. The molecule has 0 heterocycles. The number of hydrogen-bond donors (Lipinski definition) is 0. The summed E-state index contributed by atoms with van der Waals surface area (Å²) in [5.41, 5.74) is 2.79. The summed E-state index contributed by atoms with van der Waals surface area (Å²) in [5.74, 6) is 0.570. The summed E-state index contributed by atoms with van der Waals surface area (Å²) in [7, 11) is 0. The maximum atomic E-state index is 5.93. The van der Waals surface area contributed by atoms with E-state index >= 15 is 0 Å². The fourth-order valence-electron chi connectivity index (χ4n) is 2.27. The Hall–Kier alpha value is -0.790. The largest absolute Gasteiger partial charge is 0.0921 e. The van der Waals surface area contributed by atoms with Crippen molar-refractivity contribution in [2.24, 2.45) is 0 Å². The van der Waals surface area contributed by atoms with Crippen molar-refractivity contribution < 1.29 is 0 Å². The van der Waals surface area contributed by atoms with E-state index in [4.69, 9.17) is 11.6 Å². The van der Waals surface area contributed by atoms with Crippen LogP contribution in [0.3, 0.4) is 0 Å². The molecule has 0 aliphatic heterocycles. The fraction of sp³-hybridized carbons (Fsp3) is 0.294. The number of alkyl halides is 1. The molecule has 0 spiro atoms. The predicted octanol–water partition coefficient (Wildman–Crippen LogP) is 5.84. The first kappa shape index (κ1) is 14.6. The lowest BCUT2D eigenvalue weighted by molar-refractivity contribution is 0.643. The third kappa shape index (κ3) is 4.67. The van der Waals surface area contributed by atoms with Crippen molar-refractivity contribution in [1.82, 2.24) is 0 Å². The van der Waals surface area contributed by atoms with Gasteiger partial charge in [-0.2, -0.15) is 0 Å². The van der Waals surface area contributed by atoms with Crippen molar-refractivity contribution >= 4 is 27.5 Å². The highest BCUT2D eigenvalue weighted by Crippen LogP contribution is 2.25. The number of rotatable bonds is 6. The third-order valence-electron chi connectivity index (χ3n) is 3.39. The Morgan fingerprint density at radius 1 is 0.947 bits per heavy atom. The van der Waals surface area contributed by atoms with Crippen LogP contribution in [0.1, 0.15) is 29.9 Å². The van der Waals surface area contributed by atoms with Crippen molar-refractivity contribution in [1.29, 1.82) is 0 Å². The summed E-state index contributed by atoms with van der Waals surface area (Å²) in [6.45, 7) is 0. The molecule has 2 aromatic carbocycles. The van der Waals surface area contributed by atoms with Gasteiger partial charge in [0.2, 0.25) is 0 Å². The monoisotopic (exact) mass is 336 g/mol. The van der Waals surface area contributed by atoms with Crippen LogP contribution < -0.4 is 0 Å². The second-order valence-electron chi connectivity index (χ2n) is 4.78. The lowest BCUT2D eigenvalue weighted by Gasteiger charge is -2.14.